The number of nitrogens with zero attached hydrogens (tertiary/aromatic N) is 2. The molecule has 2 heterocycles. The number of rotatable bonds is 3. The molecule has 1 aromatic heterocycles. The van der Waals surface area contributed by atoms with Crippen molar-refractivity contribution >= 4 is 27.8 Å². The number of ether oxygens (including phenoxy) is 1. The molecular weight excluding hydrogens is 258 g/mol. The number of benzene rings is 1. The fourth-order valence-electron chi connectivity index (χ4n) is 2.19. The molecule has 2 aromatic rings. The van der Waals surface area contributed by atoms with E-state index in [0.717, 1.165) is 42.8 Å². The summed E-state index contributed by atoms with van der Waals surface area (Å²) in [5.41, 5.74) is 3.38. The third kappa shape index (κ3) is 2.88. The van der Waals surface area contributed by atoms with E-state index in [0.29, 0.717) is 0 Å². The van der Waals surface area contributed by atoms with E-state index in [1.165, 1.54) is 5.69 Å². The minimum absolute atomic E-state index is 0.796. The molecule has 0 radical (unpaired) electrons. The first kappa shape index (κ1) is 12.4. The van der Waals surface area contributed by atoms with Crippen molar-refractivity contribution < 1.29 is 4.74 Å². The Morgan fingerprint density at radius 1 is 1.26 bits per heavy atom. The first-order valence-corrected chi connectivity index (χ1v) is 7.32. The van der Waals surface area contributed by atoms with Crippen LogP contribution in [0.3, 0.4) is 0 Å². The Labute approximate surface area is 117 Å². The second kappa shape index (κ2) is 5.59. The average Bonchev–Trinajstić information content (AvgIpc) is 2.86. The summed E-state index contributed by atoms with van der Waals surface area (Å²) in [6, 6.07) is 8.37. The number of para-hydroxylation sites is 2. The lowest BCUT2D eigenvalue weighted by Crippen LogP contribution is -2.36. The molecule has 3 rings (SSSR count). The lowest BCUT2D eigenvalue weighted by atomic mass is 10.2. The van der Waals surface area contributed by atoms with Crippen LogP contribution in [0.1, 0.15) is 5.69 Å². The molecular formula is C14H17N3OS. The summed E-state index contributed by atoms with van der Waals surface area (Å²) in [6.45, 7) is 5.48. The van der Waals surface area contributed by atoms with Gasteiger partial charge < -0.3 is 15.0 Å². The van der Waals surface area contributed by atoms with Crippen LogP contribution in [0.2, 0.25) is 0 Å². The summed E-state index contributed by atoms with van der Waals surface area (Å²) in [5.74, 6) is 0. The van der Waals surface area contributed by atoms with Crippen molar-refractivity contribution in [1.29, 1.82) is 0 Å². The van der Waals surface area contributed by atoms with Gasteiger partial charge in [0.15, 0.2) is 5.13 Å². The predicted molar refractivity (Wildman–Crippen MR) is 79.6 cm³/mol. The third-order valence-electron chi connectivity index (χ3n) is 3.12. The van der Waals surface area contributed by atoms with E-state index in [1.54, 1.807) is 11.3 Å². The Bertz CT molecular complexity index is 549. The van der Waals surface area contributed by atoms with Crippen molar-refractivity contribution in [3.63, 3.8) is 0 Å². The molecule has 1 N–H and O–H groups in total. The normalized spacial score (nSPS) is 15.5. The van der Waals surface area contributed by atoms with Crippen LogP contribution in [0.5, 0.6) is 0 Å². The number of hydrogen-bond donors (Lipinski definition) is 1. The topological polar surface area (TPSA) is 37.4 Å². The quantitative estimate of drug-likeness (QED) is 0.934. The van der Waals surface area contributed by atoms with Crippen molar-refractivity contribution in [3.8, 4) is 0 Å². The van der Waals surface area contributed by atoms with Crippen LogP contribution in [0.15, 0.2) is 29.6 Å². The van der Waals surface area contributed by atoms with Crippen molar-refractivity contribution in [1.82, 2.24) is 4.98 Å². The van der Waals surface area contributed by atoms with Gasteiger partial charge in [-0.25, -0.2) is 4.98 Å². The highest BCUT2D eigenvalue weighted by Gasteiger charge is 2.14. The standard InChI is InChI=1S/C14H17N3OS/c1-11-10-19-14(15-11)16-12-4-2-3-5-13(12)17-6-8-18-9-7-17/h2-5,10H,6-9H2,1H3,(H,15,16). The van der Waals surface area contributed by atoms with Crippen molar-refractivity contribution in [2.24, 2.45) is 0 Å². The number of aromatic nitrogens is 1. The van der Waals surface area contributed by atoms with Gasteiger partial charge in [-0.15, -0.1) is 11.3 Å². The highest BCUT2D eigenvalue weighted by atomic mass is 32.1. The molecule has 1 aliphatic rings. The largest absolute Gasteiger partial charge is 0.378 e. The van der Waals surface area contributed by atoms with Gasteiger partial charge in [0.25, 0.3) is 0 Å². The molecule has 0 amide bonds. The van der Waals surface area contributed by atoms with Crippen LogP contribution in [-0.4, -0.2) is 31.3 Å². The number of anilines is 3. The zero-order valence-electron chi connectivity index (χ0n) is 10.9. The number of morpholine rings is 1. The van der Waals surface area contributed by atoms with E-state index in [2.05, 4.69) is 38.8 Å². The van der Waals surface area contributed by atoms with Gasteiger partial charge in [-0.1, -0.05) is 12.1 Å². The van der Waals surface area contributed by atoms with Gasteiger partial charge in [-0.2, -0.15) is 0 Å². The first-order valence-electron chi connectivity index (χ1n) is 6.44. The molecule has 0 saturated carbocycles. The maximum Gasteiger partial charge on any atom is 0.187 e. The molecule has 0 unspecified atom stereocenters. The molecule has 4 nitrogen and oxygen atoms in total. The molecule has 100 valence electrons. The molecule has 19 heavy (non-hydrogen) atoms. The molecule has 5 heteroatoms. The van der Waals surface area contributed by atoms with E-state index >= 15 is 0 Å². The Hall–Kier alpha value is -1.59. The van der Waals surface area contributed by atoms with Crippen LogP contribution in [0.4, 0.5) is 16.5 Å². The van der Waals surface area contributed by atoms with Gasteiger partial charge in [-0.05, 0) is 19.1 Å². The minimum Gasteiger partial charge on any atom is -0.378 e. The minimum atomic E-state index is 0.796. The zero-order chi connectivity index (χ0) is 13.1. The fourth-order valence-corrected chi connectivity index (χ4v) is 2.89. The average molecular weight is 275 g/mol. The highest BCUT2D eigenvalue weighted by molar-refractivity contribution is 7.13. The van der Waals surface area contributed by atoms with E-state index in [9.17, 15) is 0 Å². The van der Waals surface area contributed by atoms with Gasteiger partial charge >= 0.3 is 0 Å². The molecule has 1 aromatic carbocycles. The van der Waals surface area contributed by atoms with Crippen LogP contribution in [0, 0.1) is 6.92 Å². The van der Waals surface area contributed by atoms with Crippen LogP contribution < -0.4 is 10.2 Å². The van der Waals surface area contributed by atoms with Gasteiger partial charge in [0.2, 0.25) is 0 Å². The smallest absolute Gasteiger partial charge is 0.187 e. The summed E-state index contributed by atoms with van der Waals surface area (Å²) in [6.07, 6.45) is 0. The summed E-state index contributed by atoms with van der Waals surface area (Å²) >= 11 is 1.63. The Morgan fingerprint density at radius 2 is 2.05 bits per heavy atom. The van der Waals surface area contributed by atoms with E-state index < -0.39 is 0 Å². The zero-order valence-corrected chi connectivity index (χ0v) is 11.7. The van der Waals surface area contributed by atoms with Gasteiger partial charge in [-0.3, -0.25) is 0 Å². The van der Waals surface area contributed by atoms with Crippen LogP contribution in [-0.2, 0) is 4.74 Å². The highest BCUT2D eigenvalue weighted by Crippen LogP contribution is 2.30. The molecule has 0 bridgehead atoms. The van der Waals surface area contributed by atoms with Crippen molar-refractivity contribution in [2.45, 2.75) is 6.92 Å². The molecule has 0 aliphatic carbocycles. The molecule has 0 spiro atoms. The molecule has 1 fully saturated rings. The summed E-state index contributed by atoms with van der Waals surface area (Å²) in [5, 5.41) is 6.41. The number of nitrogens with one attached hydrogen (secondary N) is 1. The monoisotopic (exact) mass is 275 g/mol. The Kier molecular flexibility index (Phi) is 3.66. The Morgan fingerprint density at radius 3 is 2.79 bits per heavy atom. The molecule has 0 atom stereocenters. The van der Waals surface area contributed by atoms with Gasteiger partial charge in [0, 0.05) is 18.5 Å². The number of thiazole rings is 1. The molecule has 1 saturated heterocycles. The number of hydrogen-bond acceptors (Lipinski definition) is 5. The first-order chi connectivity index (χ1) is 9.33. The van der Waals surface area contributed by atoms with Crippen molar-refractivity contribution in [2.75, 3.05) is 36.5 Å². The lowest BCUT2D eigenvalue weighted by molar-refractivity contribution is 0.123. The fraction of sp³-hybridized carbons (Fsp3) is 0.357. The predicted octanol–water partition coefficient (Wildman–Crippen LogP) is 3.03. The summed E-state index contributed by atoms with van der Waals surface area (Å²) in [7, 11) is 0. The SMILES string of the molecule is Cc1csc(Nc2ccccc2N2CCOCC2)n1. The second-order valence-electron chi connectivity index (χ2n) is 4.54. The summed E-state index contributed by atoms with van der Waals surface area (Å²) < 4.78 is 5.41. The summed E-state index contributed by atoms with van der Waals surface area (Å²) in [4.78, 5) is 6.81. The van der Waals surface area contributed by atoms with Crippen molar-refractivity contribution in [3.05, 3.63) is 35.3 Å². The number of aryl methyl sites for hydroxylation is 1. The lowest BCUT2D eigenvalue weighted by Gasteiger charge is -2.30. The maximum atomic E-state index is 5.41. The van der Waals surface area contributed by atoms with E-state index in [4.69, 9.17) is 4.74 Å². The van der Waals surface area contributed by atoms with E-state index in [1.807, 2.05) is 13.0 Å². The second-order valence-corrected chi connectivity index (χ2v) is 5.39. The van der Waals surface area contributed by atoms with E-state index in [-0.39, 0.29) is 0 Å². The van der Waals surface area contributed by atoms with Crippen LogP contribution >= 0.6 is 11.3 Å². The maximum absolute atomic E-state index is 5.41. The van der Waals surface area contributed by atoms with Gasteiger partial charge in [0.1, 0.15) is 0 Å². The van der Waals surface area contributed by atoms with Crippen LogP contribution in [0.25, 0.3) is 0 Å². The third-order valence-corrected chi connectivity index (χ3v) is 3.99. The van der Waals surface area contributed by atoms with Gasteiger partial charge in [0.05, 0.1) is 30.3 Å². The molecule has 1 aliphatic heterocycles. The Balaban J connectivity index is 1.84.